The third kappa shape index (κ3) is 2.69. The van der Waals surface area contributed by atoms with Crippen LogP contribution in [0.3, 0.4) is 0 Å². The highest BCUT2D eigenvalue weighted by Crippen LogP contribution is 2.29. The molecule has 0 atom stereocenters. The van der Waals surface area contributed by atoms with Gasteiger partial charge in [-0.05, 0) is 38.1 Å². The van der Waals surface area contributed by atoms with Gasteiger partial charge in [0.1, 0.15) is 5.58 Å². The van der Waals surface area contributed by atoms with Crippen LogP contribution in [0.2, 0.25) is 0 Å². The van der Waals surface area contributed by atoms with E-state index in [2.05, 4.69) is 0 Å². The molecule has 0 spiro atoms. The van der Waals surface area contributed by atoms with Crippen LogP contribution in [-0.4, -0.2) is 41.3 Å². The lowest BCUT2D eigenvalue weighted by Crippen LogP contribution is -2.21. The highest BCUT2D eigenvalue weighted by Gasteiger charge is 2.18. The number of nitrogens with zero attached hydrogens (tertiary/aromatic N) is 1. The minimum Gasteiger partial charge on any atom is -0.475 e. The molecule has 1 heterocycles. The molecule has 1 aromatic heterocycles. The Kier molecular flexibility index (Phi) is 4.11. The molecule has 0 fully saturated rings. The molecule has 0 unspecified atom stereocenters. The molecule has 5 heteroatoms. The van der Waals surface area contributed by atoms with E-state index in [1.165, 1.54) is 0 Å². The van der Waals surface area contributed by atoms with Gasteiger partial charge in [-0.15, -0.1) is 0 Å². The second-order valence-electron chi connectivity index (χ2n) is 5.11. The summed E-state index contributed by atoms with van der Waals surface area (Å²) in [7, 11) is 1.93. The SMILES string of the molecule is Cc1c(C(=O)O)oc2c(C)cc(CN(C)CCO)cc12. The number of carboxylic acids is 1. The number of carbonyl (C=O) groups is 1. The van der Waals surface area contributed by atoms with Gasteiger partial charge >= 0.3 is 5.97 Å². The van der Waals surface area contributed by atoms with E-state index in [4.69, 9.17) is 14.6 Å². The number of rotatable bonds is 5. The Hall–Kier alpha value is -1.85. The molecule has 0 saturated carbocycles. The molecule has 0 aliphatic carbocycles. The maximum Gasteiger partial charge on any atom is 0.372 e. The third-order valence-electron chi connectivity index (χ3n) is 3.41. The average molecular weight is 277 g/mol. The quantitative estimate of drug-likeness (QED) is 0.876. The normalized spacial score (nSPS) is 11.4. The molecular weight excluding hydrogens is 258 g/mol. The second kappa shape index (κ2) is 5.64. The van der Waals surface area contributed by atoms with Crippen LogP contribution in [0.25, 0.3) is 11.0 Å². The molecule has 1 aromatic carbocycles. The van der Waals surface area contributed by atoms with Crippen LogP contribution in [0.15, 0.2) is 16.5 Å². The Labute approximate surface area is 117 Å². The zero-order valence-electron chi connectivity index (χ0n) is 11.9. The molecular formula is C15H19NO4. The summed E-state index contributed by atoms with van der Waals surface area (Å²) in [6.07, 6.45) is 0. The van der Waals surface area contributed by atoms with Crippen LogP contribution in [-0.2, 0) is 6.54 Å². The van der Waals surface area contributed by atoms with Gasteiger partial charge in [0.05, 0.1) is 6.61 Å². The summed E-state index contributed by atoms with van der Waals surface area (Å²) in [6.45, 7) is 5.08. The van der Waals surface area contributed by atoms with Crippen molar-refractivity contribution < 1.29 is 19.4 Å². The molecule has 0 aliphatic heterocycles. The van der Waals surface area contributed by atoms with E-state index >= 15 is 0 Å². The fourth-order valence-electron chi connectivity index (χ4n) is 2.42. The summed E-state index contributed by atoms with van der Waals surface area (Å²) in [6, 6.07) is 3.95. The van der Waals surface area contributed by atoms with E-state index in [9.17, 15) is 4.79 Å². The van der Waals surface area contributed by atoms with Crippen molar-refractivity contribution in [1.29, 1.82) is 0 Å². The lowest BCUT2D eigenvalue weighted by atomic mass is 10.0. The zero-order valence-corrected chi connectivity index (χ0v) is 11.9. The van der Waals surface area contributed by atoms with E-state index in [1.807, 2.05) is 31.0 Å². The van der Waals surface area contributed by atoms with Gasteiger partial charge < -0.3 is 14.6 Å². The number of aliphatic hydroxyl groups is 1. The van der Waals surface area contributed by atoms with Crippen LogP contribution in [0.5, 0.6) is 0 Å². The van der Waals surface area contributed by atoms with Crippen LogP contribution in [0.4, 0.5) is 0 Å². The molecule has 0 aliphatic rings. The molecule has 0 amide bonds. The average Bonchev–Trinajstić information content (AvgIpc) is 2.68. The van der Waals surface area contributed by atoms with Crippen LogP contribution >= 0.6 is 0 Å². The highest BCUT2D eigenvalue weighted by atomic mass is 16.4. The maximum absolute atomic E-state index is 11.1. The summed E-state index contributed by atoms with van der Waals surface area (Å²) in [5, 5.41) is 18.9. The van der Waals surface area contributed by atoms with Gasteiger partial charge in [-0.2, -0.15) is 0 Å². The number of carboxylic acid groups (broad SMARTS) is 1. The van der Waals surface area contributed by atoms with Crippen LogP contribution < -0.4 is 0 Å². The van der Waals surface area contributed by atoms with Crippen molar-refractivity contribution in [3.63, 3.8) is 0 Å². The monoisotopic (exact) mass is 277 g/mol. The van der Waals surface area contributed by atoms with Gasteiger partial charge in [-0.3, -0.25) is 4.90 Å². The third-order valence-corrected chi connectivity index (χ3v) is 3.41. The summed E-state index contributed by atoms with van der Waals surface area (Å²) in [5.41, 5.74) is 3.29. The zero-order chi connectivity index (χ0) is 14.9. The number of aromatic carboxylic acids is 1. The molecule has 0 radical (unpaired) electrons. The standard InChI is InChI=1S/C15H19NO4/c1-9-6-11(8-16(3)4-5-17)7-12-10(2)14(15(18)19)20-13(9)12/h6-7,17H,4-5,8H2,1-3H3,(H,18,19). The van der Waals surface area contributed by atoms with Gasteiger partial charge in [-0.25, -0.2) is 4.79 Å². The first-order chi connectivity index (χ1) is 9.43. The van der Waals surface area contributed by atoms with Gasteiger partial charge in [-0.1, -0.05) is 6.07 Å². The smallest absolute Gasteiger partial charge is 0.372 e. The number of hydrogen-bond acceptors (Lipinski definition) is 4. The van der Waals surface area contributed by atoms with Crippen LogP contribution in [0.1, 0.15) is 27.2 Å². The fraction of sp³-hybridized carbons (Fsp3) is 0.400. The summed E-state index contributed by atoms with van der Waals surface area (Å²) >= 11 is 0. The molecule has 0 saturated heterocycles. The van der Waals surface area contributed by atoms with Gasteiger partial charge in [0.15, 0.2) is 0 Å². The molecule has 5 nitrogen and oxygen atoms in total. The molecule has 108 valence electrons. The number of fused-ring (bicyclic) bond motifs is 1. The van der Waals surface area contributed by atoms with E-state index in [0.29, 0.717) is 24.2 Å². The van der Waals surface area contributed by atoms with E-state index in [0.717, 1.165) is 16.5 Å². The van der Waals surface area contributed by atoms with Crippen molar-refractivity contribution in [2.75, 3.05) is 20.2 Å². The Balaban J connectivity index is 2.45. The number of likely N-dealkylation sites (N-methyl/N-ethyl adjacent to an activating group) is 1. The molecule has 0 bridgehead atoms. The topological polar surface area (TPSA) is 73.9 Å². The van der Waals surface area contributed by atoms with E-state index < -0.39 is 5.97 Å². The molecule has 20 heavy (non-hydrogen) atoms. The van der Waals surface area contributed by atoms with Gasteiger partial charge in [0.25, 0.3) is 0 Å². The largest absolute Gasteiger partial charge is 0.475 e. The van der Waals surface area contributed by atoms with Crippen molar-refractivity contribution in [3.8, 4) is 0 Å². The lowest BCUT2D eigenvalue weighted by molar-refractivity contribution is 0.0664. The first-order valence-corrected chi connectivity index (χ1v) is 6.49. The first kappa shape index (κ1) is 14.6. The second-order valence-corrected chi connectivity index (χ2v) is 5.11. The minimum absolute atomic E-state index is 0.00367. The summed E-state index contributed by atoms with van der Waals surface area (Å²) in [4.78, 5) is 13.1. The van der Waals surface area contributed by atoms with Crippen LogP contribution in [0, 0.1) is 13.8 Å². The lowest BCUT2D eigenvalue weighted by Gasteiger charge is -2.15. The van der Waals surface area contributed by atoms with Crippen molar-refractivity contribution in [2.24, 2.45) is 0 Å². The Morgan fingerprint density at radius 1 is 1.35 bits per heavy atom. The number of benzene rings is 1. The Morgan fingerprint density at radius 3 is 2.65 bits per heavy atom. The first-order valence-electron chi connectivity index (χ1n) is 6.49. The summed E-state index contributed by atoms with van der Waals surface area (Å²) in [5.74, 6) is -1.04. The fourth-order valence-corrected chi connectivity index (χ4v) is 2.42. The molecule has 2 aromatic rings. The van der Waals surface area contributed by atoms with Crippen molar-refractivity contribution in [3.05, 3.63) is 34.6 Å². The van der Waals surface area contributed by atoms with Crippen molar-refractivity contribution in [2.45, 2.75) is 20.4 Å². The maximum atomic E-state index is 11.1. The minimum atomic E-state index is -1.04. The van der Waals surface area contributed by atoms with Gasteiger partial charge in [0.2, 0.25) is 5.76 Å². The predicted molar refractivity (Wildman–Crippen MR) is 76.1 cm³/mol. The summed E-state index contributed by atoms with van der Waals surface area (Å²) < 4.78 is 5.45. The molecule has 2 rings (SSSR count). The number of hydrogen-bond donors (Lipinski definition) is 2. The van der Waals surface area contributed by atoms with E-state index in [-0.39, 0.29) is 12.4 Å². The highest BCUT2D eigenvalue weighted by molar-refractivity contribution is 5.96. The van der Waals surface area contributed by atoms with E-state index in [1.54, 1.807) is 6.92 Å². The van der Waals surface area contributed by atoms with Gasteiger partial charge in [0, 0.05) is 24.0 Å². The number of aliphatic hydroxyl groups excluding tert-OH is 1. The Morgan fingerprint density at radius 2 is 2.05 bits per heavy atom. The number of aryl methyl sites for hydroxylation is 2. The number of furan rings is 1. The molecule has 2 N–H and O–H groups in total. The predicted octanol–water partition coefficient (Wildman–Crippen LogP) is 2.17. The van der Waals surface area contributed by atoms with Crippen molar-refractivity contribution >= 4 is 16.9 Å². The van der Waals surface area contributed by atoms with Crippen molar-refractivity contribution in [1.82, 2.24) is 4.90 Å². The Bertz CT molecular complexity index is 645.